The molecule has 1 atom stereocenters. The highest BCUT2D eigenvalue weighted by atomic mass is 32.1. The molecule has 1 amide bonds. The molecule has 1 aromatic rings. The highest BCUT2D eigenvalue weighted by Crippen LogP contribution is 2.09. The van der Waals surface area contributed by atoms with Crippen molar-refractivity contribution in [3.63, 3.8) is 0 Å². The molecule has 1 aliphatic heterocycles. The molecule has 1 unspecified atom stereocenters. The molecule has 1 aliphatic rings. The number of ether oxygens (including phenoxy) is 1. The highest BCUT2D eigenvalue weighted by molar-refractivity contribution is 7.07. The molecule has 0 bridgehead atoms. The topological polar surface area (TPSA) is 54.5 Å². The lowest BCUT2D eigenvalue weighted by atomic mass is 10.1. The van der Waals surface area contributed by atoms with Gasteiger partial charge < -0.3 is 10.1 Å². The van der Waals surface area contributed by atoms with Crippen molar-refractivity contribution in [2.75, 3.05) is 26.3 Å². The van der Waals surface area contributed by atoms with Crippen molar-refractivity contribution in [1.29, 1.82) is 0 Å². The average molecular weight is 283 g/mol. The molecule has 6 heteroatoms. The van der Waals surface area contributed by atoms with Gasteiger partial charge in [0.15, 0.2) is 0 Å². The summed E-state index contributed by atoms with van der Waals surface area (Å²) in [7, 11) is 0. The van der Waals surface area contributed by atoms with Gasteiger partial charge in [0, 0.05) is 30.9 Å². The molecular formula is C13H21N3O2S. The molecule has 1 aromatic heterocycles. The fourth-order valence-corrected chi connectivity index (χ4v) is 2.70. The fourth-order valence-electron chi connectivity index (χ4n) is 2.14. The summed E-state index contributed by atoms with van der Waals surface area (Å²) in [6.45, 7) is 6.28. The summed E-state index contributed by atoms with van der Waals surface area (Å²) < 4.78 is 5.33. The summed E-state index contributed by atoms with van der Waals surface area (Å²) in [5, 5.41) is 4.86. The minimum absolute atomic E-state index is 0.105. The molecule has 1 saturated heterocycles. The normalized spacial score (nSPS) is 18.2. The van der Waals surface area contributed by atoms with Crippen molar-refractivity contribution in [2.24, 2.45) is 0 Å². The lowest BCUT2D eigenvalue weighted by Gasteiger charge is -2.32. The van der Waals surface area contributed by atoms with Crippen LogP contribution in [0.4, 0.5) is 0 Å². The molecule has 0 saturated carbocycles. The summed E-state index contributed by atoms with van der Waals surface area (Å²) in [5.41, 5.74) is 2.71. The first-order chi connectivity index (χ1) is 9.25. The van der Waals surface area contributed by atoms with Crippen LogP contribution in [0.3, 0.4) is 0 Å². The molecule has 1 N–H and O–H groups in total. The number of carbonyl (C=O) groups excluding carboxylic acids is 1. The number of nitrogens with zero attached hydrogens (tertiary/aromatic N) is 2. The van der Waals surface area contributed by atoms with E-state index >= 15 is 0 Å². The van der Waals surface area contributed by atoms with Gasteiger partial charge in [0.2, 0.25) is 5.91 Å². The SMILES string of the molecule is CC(CCC(=O)NCc1cscn1)N1CCOCC1. The Morgan fingerprint density at radius 3 is 3.05 bits per heavy atom. The summed E-state index contributed by atoms with van der Waals surface area (Å²) in [6.07, 6.45) is 1.46. The number of nitrogens with one attached hydrogen (secondary N) is 1. The van der Waals surface area contributed by atoms with E-state index in [0.717, 1.165) is 38.4 Å². The second kappa shape index (κ2) is 7.57. The number of morpholine rings is 1. The largest absolute Gasteiger partial charge is 0.379 e. The number of thiazole rings is 1. The maximum atomic E-state index is 11.7. The third-order valence-electron chi connectivity index (χ3n) is 3.41. The van der Waals surface area contributed by atoms with Crippen LogP contribution in [0.25, 0.3) is 0 Å². The van der Waals surface area contributed by atoms with E-state index in [1.165, 1.54) is 0 Å². The van der Waals surface area contributed by atoms with E-state index in [9.17, 15) is 4.79 Å². The first-order valence-electron chi connectivity index (χ1n) is 6.71. The summed E-state index contributed by atoms with van der Waals surface area (Å²) >= 11 is 1.55. The molecule has 0 spiro atoms. The third kappa shape index (κ3) is 4.89. The number of hydrogen-bond donors (Lipinski definition) is 1. The Morgan fingerprint density at radius 1 is 1.58 bits per heavy atom. The lowest BCUT2D eigenvalue weighted by molar-refractivity contribution is -0.121. The van der Waals surface area contributed by atoms with E-state index in [-0.39, 0.29) is 5.91 Å². The van der Waals surface area contributed by atoms with Crippen LogP contribution in [0.1, 0.15) is 25.5 Å². The van der Waals surface area contributed by atoms with Crippen molar-refractivity contribution in [2.45, 2.75) is 32.4 Å². The van der Waals surface area contributed by atoms with Crippen LogP contribution >= 0.6 is 11.3 Å². The number of hydrogen-bond acceptors (Lipinski definition) is 5. The molecule has 0 aliphatic carbocycles. The van der Waals surface area contributed by atoms with Gasteiger partial charge in [0.25, 0.3) is 0 Å². The van der Waals surface area contributed by atoms with Crippen LogP contribution in [0.5, 0.6) is 0 Å². The standard InChI is InChI=1S/C13H21N3O2S/c1-11(16-4-6-18-7-5-16)2-3-13(17)14-8-12-9-19-10-15-12/h9-11H,2-8H2,1H3,(H,14,17). The van der Waals surface area contributed by atoms with Crippen LogP contribution in [0.2, 0.25) is 0 Å². The van der Waals surface area contributed by atoms with Gasteiger partial charge in [-0.1, -0.05) is 0 Å². The van der Waals surface area contributed by atoms with Crippen LogP contribution in [0, 0.1) is 0 Å². The molecule has 0 radical (unpaired) electrons. The Bertz CT molecular complexity index is 377. The predicted octanol–water partition coefficient (Wildman–Crippen LogP) is 1.26. The van der Waals surface area contributed by atoms with Crippen LogP contribution in [0.15, 0.2) is 10.9 Å². The van der Waals surface area contributed by atoms with E-state index in [0.29, 0.717) is 19.0 Å². The van der Waals surface area contributed by atoms with Crippen LogP contribution < -0.4 is 5.32 Å². The number of amides is 1. The van der Waals surface area contributed by atoms with Gasteiger partial charge in [-0.05, 0) is 13.3 Å². The zero-order valence-electron chi connectivity index (χ0n) is 11.3. The van der Waals surface area contributed by atoms with Gasteiger partial charge in [-0.2, -0.15) is 0 Å². The van der Waals surface area contributed by atoms with Crippen molar-refractivity contribution >= 4 is 17.2 Å². The Balaban J connectivity index is 1.62. The zero-order chi connectivity index (χ0) is 13.5. The van der Waals surface area contributed by atoms with E-state index < -0.39 is 0 Å². The van der Waals surface area contributed by atoms with Gasteiger partial charge in [-0.3, -0.25) is 9.69 Å². The monoisotopic (exact) mass is 283 g/mol. The molecule has 5 nitrogen and oxygen atoms in total. The van der Waals surface area contributed by atoms with Crippen LogP contribution in [-0.2, 0) is 16.1 Å². The predicted molar refractivity (Wildman–Crippen MR) is 75.0 cm³/mol. The van der Waals surface area contributed by atoms with Crippen molar-refractivity contribution in [3.05, 3.63) is 16.6 Å². The summed E-state index contributed by atoms with van der Waals surface area (Å²) in [4.78, 5) is 18.3. The van der Waals surface area contributed by atoms with E-state index in [1.54, 1.807) is 16.8 Å². The second-order valence-corrected chi connectivity index (χ2v) is 5.51. The fraction of sp³-hybridized carbons (Fsp3) is 0.692. The van der Waals surface area contributed by atoms with Crippen molar-refractivity contribution in [3.8, 4) is 0 Å². The zero-order valence-corrected chi connectivity index (χ0v) is 12.1. The Hall–Kier alpha value is -0.980. The average Bonchev–Trinajstić information content (AvgIpc) is 2.96. The molecule has 106 valence electrons. The molecular weight excluding hydrogens is 262 g/mol. The van der Waals surface area contributed by atoms with E-state index in [2.05, 4.69) is 22.1 Å². The van der Waals surface area contributed by atoms with Gasteiger partial charge in [0.05, 0.1) is 31.0 Å². The molecule has 2 heterocycles. The molecule has 0 aromatic carbocycles. The number of aromatic nitrogens is 1. The maximum absolute atomic E-state index is 11.7. The smallest absolute Gasteiger partial charge is 0.220 e. The van der Waals surface area contributed by atoms with Crippen molar-refractivity contribution < 1.29 is 9.53 Å². The maximum Gasteiger partial charge on any atom is 0.220 e. The molecule has 1 fully saturated rings. The number of rotatable bonds is 6. The van der Waals surface area contributed by atoms with Crippen molar-refractivity contribution in [1.82, 2.24) is 15.2 Å². The third-order valence-corrected chi connectivity index (χ3v) is 4.04. The van der Waals surface area contributed by atoms with Gasteiger partial charge in [0.1, 0.15) is 0 Å². The number of carbonyl (C=O) groups is 1. The molecule has 2 rings (SSSR count). The summed E-state index contributed by atoms with van der Waals surface area (Å²) in [6, 6.07) is 0.439. The lowest BCUT2D eigenvalue weighted by Crippen LogP contribution is -2.42. The summed E-state index contributed by atoms with van der Waals surface area (Å²) in [5.74, 6) is 0.105. The Labute approximate surface area is 118 Å². The Morgan fingerprint density at radius 2 is 2.37 bits per heavy atom. The molecule has 19 heavy (non-hydrogen) atoms. The van der Waals surface area contributed by atoms with Gasteiger partial charge >= 0.3 is 0 Å². The Kier molecular flexibility index (Phi) is 5.75. The first kappa shape index (κ1) is 14.4. The van der Waals surface area contributed by atoms with Crippen LogP contribution in [-0.4, -0.2) is 48.1 Å². The van der Waals surface area contributed by atoms with Gasteiger partial charge in [-0.25, -0.2) is 4.98 Å². The second-order valence-electron chi connectivity index (χ2n) is 4.79. The highest BCUT2D eigenvalue weighted by Gasteiger charge is 2.17. The van der Waals surface area contributed by atoms with E-state index in [4.69, 9.17) is 4.74 Å². The minimum Gasteiger partial charge on any atom is -0.379 e. The first-order valence-corrected chi connectivity index (χ1v) is 7.65. The quantitative estimate of drug-likeness (QED) is 0.854. The van der Waals surface area contributed by atoms with Gasteiger partial charge in [-0.15, -0.1) is 11.3 Å². The minimum atomic E-state index is 0.105. The van der Waals surface area contributed by atoms with E-state index in [1.807, 2.05) is 5.38 Å².